The molecule has 4 heteroatoms. The molecular weight excluding hydrogens is 280 g/mol. The van der Waals surface area contributed by atoms with E-state index in [1.165, 1.54) is 0 Å². The molecule has 0 bridgehead atoms. The smallest absolute Gasteiger partial charge is 0.261 e. The molecule has 1 aromatic carbocycles. The Bertz CT molecular complexity index is 648. The Balaban J connectivity index is 2.44. The highest BCUT2D eigenvalue weighted by molar-refractivity contribution is 9.09. The number of aryl methyl sites for hydroxylation is 1. The number of alkyl halides is 1. The van der Waals surface area contributed by atoms with Gasteiger partial charge < -0.3 is 0 Å². The fourth-order valence-corrected chi connectivity index (χ4v) is 3.13. The van der Waals surface area contributed by atoms with Gasteiger partial charge in [-0.15, -0.1) is 0 Å². The van der Waals surface area contributed by atoms with Crippen LogP contribution in [-0.4, -0.2) is 9.55 Å². The van der Waals surface area contributed by atoms with Gasteiger partial charge in [-0.25, -0.2) is 4.98 Å². The van der Waals surface area contributed by atoms with Gasteiger partial charge in [0.25, 0.3) is 5.56 Å². The van der Waals surface area contributed by atoms with Crippen molar-refractivity contribution in [2.24, 2.45) is 0 Å². The van der Waals surface area contributed by atoms with Crippen molar-refractivity contribution in [1.82, 2.24) is 9.55 Å². The van der Waals surface area contributed by atoms with Gasteiger partial charge in [-0.05, 0) is 31.4 Å². The van der Waals surface area contributed by atoms with Crippen molar-refractivity contribution in [2.45, 2.75) is 31.1 Å². The molecule has 1 aliphatic rings. The molecule has 17 heavy (non-hydrogen) atoms. The van der Waals surface area contributed by atoms with E-state index in [0.717, 1.165) is 41.7 Å². The maximum atomic E-state index is 12.4. The topological polar surface area (TPSA) is 34.9 Å². The van der Waals surface area contributed by atoms with Crippen molar-refractivity contribution < 1.29 is 0 Å². The molecule has 0 radical (unpaired) electrons. The Morgan fingerprint density at radius 2 is 2.29 bits per heavy atom. The van der Waals surface area contributed by atoms with Crippen LogP contribution in [0.2, 0.25) is 0 Å². The van der Waals surface area contributed by atoms with Crippen LogP contribution in [-0.2, 0) is 6.54 Å². The number of hydrogen-bond donors (Lipinski definition) is 0. The van der Waals surface area contributed by atoms with E-state index in [0.29, 0.717) is 0 Å². The summed E-state index contributed by atoms with van der Waals surface area (Å²) >= 11 is 3.60. The maximum Gasteiger partial charge on any atom is 0.261 e. The van der Waals surface area contributed by atoms with Gasteiger partial charge >= 0.3 is 0 Å². The third-order valence-electron chi connectivity index (χ3n) is 3.34. The standard InChI is InChI=1S/C13H13BrN2O/c1-8-4-2-6-10-11(8)13(17)16-7-3-5-9(14)12(16)15-10/h2,4,6,9H,3,5,7H2,1H3. The van der Waals surface area contributed by atoms with Gasteiger partial charge in [0.05, 0.1) is 15.7 Å². The Hall–Kier alpha value is -1.16. The molecular formula is C13H13BrN2O. The largest absolute Gasteiger partial charge is 0.295 e. The average Bonchev–Trinajstić information content (AvgIpc) is 2.31. The number of rotatable bonds is 0. The molecule has 1 aliphatic heterocycles. The number of halogens is 1. The van der Waals surface area contributed by atoms with Gasteiger partial charge in [0.2, 0.25) is 0 Å². The van der Waals surface area contributed by atoms with E-state index in [4.69, 9.17) is 0 Å². The molecule has 0 spiro atoms. The van der Waals surface area contributed by atoms with Crippen LogP contribution in [0, 0.1) is 6.92 Å². The maximum absolute atomic E-state index is 12.4. The Morgan fingerprint density at radius 3 is 3.12 bits per heavy atom. The van der Waals surface area contributed by atoms with Crippen molar-refractivity contribution in [3.05, 3.63) is 39.9 Å². The van der Waals surface area contributed by atoms with Gasteiger partial charge in [-0.1, -0.05) is 28.1 Å². The lowest BCUT2D eigenvalue weighted by Crippen LogP contribution is -2.29. The van der Waals surface area contributed by atoms with Crippen molar-refractivity contribution >= 4 is 26.8 Å². The van der Waals surface area contributed by atoms with E-state index < -0.39 is 0 Å². The quantitative estimate of drug-likeness (QED) is 0.700. The normalized spacial score (nSPS) is 19.3. The third kappa shape index (κ3) is 1.62. The second-order valence-corrected chi connectivity index (χ2v) is 5.61. The fraction of sp³-hybridized carbons (Fsp3) is 0.385. The molecule has 2 aromatic rings. The number of nitrogens with zero attached hydrogens (tertiary/aromatic N) is 2. The molecule has 0 aliphatic carbocycles. The van der Waals surface area contributed by atoms with E-state index in [9.17, 15) is 4.79 Å². The number of fused-ring (bicyclic) bond motifs is 2. The zero-order valence-corrected chi connectivity index (χ0v) is 11.2. The van der Waals surface area contributed by atoms with Crippen LogP contribution in [0.25, 0.3) is 10.9 Å². The first kappa shape index (κ1) is 11.0. The minimum atomic E-state index is 0.104. The molecule has 0 amide bonds. The zero-order valence-electron chi connectivity index (χ0n) is 9.61. The van der Waals surface area contributed by atoms with Gasteiger partial charge in [-0.3, -0.25) is 9.36 Å². The van der Waals surface area contributed by atoms with Crippen LogP contribution in [0.5, 0.6) is 0 Å². The molecule has 3 rings (SSSR count). The summed E-state index contributed by atoms with van der Waals surface area (Å²) in [6, 6.07) is 5.83. The Kier molecular flexibility index (Phi) is 2.54. The van der Waals surface area contributed by atoms with Crippen LogP contribution in [0.1, 0.15) is 29.1 Å². The van der Waals surface area contributed by atoms with Crippen LogP contribution >= 0.6 is 15.9 Å². The summed E-state index contributed by atoms with van der Waals surface area (Å²) in [5, 5.41) is 0.762. The molecule has 2 heterocycles. The number of benzene rings is 1. The summed E-state index contributed by atoms with van der Waals surface area (Å²) in [5.74, 6) is 0.874. The minimum Gasteiger partial charge on any atom is -0.295 e. The molecule has 1 atom stereocenters. The molecule has 0 saturated carbocycles. The highest BCUT2D eigenvalue weighted by Gasteiger charge is 2.21. The number of aromatic nitrogens is 2. The summed E-state index contributed by atoms with van der Waals surface area (Å²) < 4.78 is 1.82. The van der Waals surface area contributed by atoms with Crippen molar-refractivity contribution in [3.63, 3.8) is 0 Å². The molecule has 3 nitrogen and oxygen atoms in total. The molecule has 0 fully saturated rings. The SMILES string of the molecule is Cc1cccc2nc3n(c(=O)c12)CCCC3Br. The second kappa shape index (κ2) is 3.95. The molecule has 1 aromatic heterocycles. The van der Waals surface area contributed by atoms with Crippen LogP contribution < -0.4 is 5.56 Å². The zero-order chi connectivity index (χ0) is 12.0. The Morgan fingerprint density at radius 1 is 1.47 bits per heavy atom. The predicted molar refractivity (Wildman–Crippen MR) is 71.6 cm³/mol. The highest BCUT2D eigenvalue weighted by Crippen LogP contribution is 2.30. The molecule has 0 N–H and O–H groups in total. The molecule has 88 valence electrons. The number of hydrogen-bond acceptors (Lipinski definition) is 2. The van der Waals surface area contributed by atoms with Crippen molar-refractivity contribution in [2.75, 3.05) is 0 Å². The summed E-state index contributed by atoms with van der Waals surface area (Å²) in [6.07, 6.45) is 2.08. The second-order valence-electron chi connectivity index (χ2n) is 4.51. The fourth-order valence-electron chi connectivity index (χ4n) is 2.46. The molecule has 1 unspecified atom stereocenters. The van der Waals surface area contributed by atoms with E-state index in [1.807, 2.05) is 29.7 Å². The first-order valence-electron chi connectivity index (χ1n) is 5.82. The predicted octanol–water partition coefficient (Wildman–Crippen LogP) is 2.93. The minimum absolute atomic E-state index is 0.104. The van der Waals surface area contributed by atoms with Crippen LogP contribution in [0.4, 0.5) is 0 Å². The van der Waals surface area contributed by atoms with Crippen molar-refractivity contribution in [3.8, 4) is 0 Å². The lowest BCUT2D eigenvalue weighted by atomic mass is 10.1. The summed E-state index contributed by atoms with van der Waals surface area (Å²) in [5.41, 5.74) is 1.92. The Labute approximate surface area is 108 Å². The van der Waals surface area contributed by atoms with Gasteiger partial charge in [0.1, 0.15) is 5.82 Å². The van der Waals surface area contributed by atoms with Crippen LogP contribution in [0.15, 0.2) is 23.0 Å². The van der Waals surface area contributed by atoms with E-state index >= 15 is 0 Å². The summed E-state index contributed by atoms with van der Waals surface area (Å²) in [7, 11) is 0. The summed E-state index contributed by atoms with van der Waals surface area (Å²) in [4.78, 5) is 17.3. The monoisotopic (exact) mass is 292 g/mol. The van der Waals surface area contributed by atoms with Gasteiger partial charge in [-0.2, -0.15) is 0 Å². The van der Waals surface area contributed by atoms with E-state index in [-0.39, 0.29) is 10.4 Å². The first-order chi connectivity index (χ1) is 8.18. The summed E-state index contributed by atoms with van der Waals surface area (Å²) in [6.45, 7) is 2.75. The van der Waals surface area contributed by atoms with E-state index in [1.54, 1.807) is 0 Å². The highest BCUT2D eigenvalue weighted by atomic mass is 79.9. The van der Waals surface area contributed by atoms with Gasteiger partial charge in [0.15, 0.2) is 0 Å². The third-order valence-corrected chi connectivity index (χ3v) is 4.21. The molecule has 0 saturated heterocycles. The average molecular weight is 293 g/mol. The lowest BCUT2D eigenvalue weighted by molar-refractivity contribution is 0.498. The van der Waals surface area contributed by atoms with Gasteiger partial charge in [0, 0.05) is 6.54 Å². The van der Waals surface area contributed by atoms with Crippen molar-refractivity contribution in [1.29, 1.82) is 0 Å². The van der Waals surface area contributed by atoms with E-state index in [2.05, 4.69) is 20.9 Å². The lowest BCUT2D eigenvalue weighted by Gasteiger charge is -2.22. The van der Waals surface area contributed by atoms with Crippen LogP contribution in [0.3, 0.4) is 0 Å². The first-order valence-corrected chi connectivity index (χ1v) is 6.74.